The Balaban J connectivity index is 1.77. The number of ether oxygens (including phenoxy) is 2. The van der Waals surface area contributed by atoms with Gasteiger partial charge < -0.3 is 14.8 Å². The second kappa shape index (κ2) is 8.25. The van der Waals surface area contributed by atoms with Gasteiger partial charge in [0.05, 0.1) is 0 Å². The van der Waals surface area contributed by atoms with Gasteiger partial charge >= 0.3 is 0 Å². The van der Waals surface area contributed by atoms with Crippen molar-refractivity contribution in [3.8, 4) is 5.75 Å². The Kier molecular flexibility index (Phi) is 6.30. The molecule has 0 saturated heterocycles. The van der Waals surface area contributed by atoms with Crippen LogP contribution >= 0.6 is 15.9 Å². The van der Waals surface area contributed by atoms with Crippen molar-refractivity contribution in [2.24, 2.45) is 0 Å². The molecule has 2 rings (SSSR count). The molecule has 0 spiro atoms. The first-order chi connectivity index (χ1) is 9.79. The molecule has 2 aromatic carbocycles. The Morgan fingerprint density at radius 3 is 2.65 bits per heavy atom. The highest BCUT2D eigenvalue weighted by Crippen LogP contribution is 2.23. The second-order valence-electron chi connectivity index (χ2n) is 4.60. The molecule has 2 aromatic rings. The topological polar surface area (TPSA) is 30.5 Å². The Hall–Kier alpha value is -1.10. The van der Waals surface area contributed by atoms with E-state index in [4.69, 9.17) is 9.47 Å². The van der Waals surface area contributed by atoms with Gasteiger partial charge in [0.25, 0.3) is 0 Å². The SMILES string of the molecule is COCCCNCCOc1ccc2cc(Br)ccc2c1. The van der Waals surface area contributed by atoms with E-state index in [1.807, 2.05) is 12.1 Å². The van der Waals surface area contributed by atoms with Gasteiger partial charge in [-0.15, -0.1) is 0 Å². The summed E-state index contributed by atoms with van der Waals surface area (Å²) >= 11 is 3.48. The molecular formula is C16H20BrNO2. The van der Waals surface area contributed by atoms with Crippen LogP contribution in [-0.4, -0.2) is 33.4 Å². The lowest BCUT2D eigenvalue weighted by Crippen LogP contribution is -2.22. The fraction of sp³-hybridized carbons (Fsp3) is 0.375. The van der Waals surface area contributed by atoms with E-state index in [9.17, 15) is 0 Å². The normalized spacial score (nSPS) is 10.9. The molecule has 0 aliphatic heterocycles. The summed E-state index contributed by atoms with van der Waals surface area (Å²) in [5, 5.41) is 5.73. The predicted molar refractivity (Wildman–Crippen MR) is 86.5 cm³/mol. The molecular weight excluding hydrogens is 318 g/mol. The van der Waals surface area contributed by atoms with Crippen LogP contribution in [0.1, 0.15) is 6.42 Å². The lowest BCUT2D eigenvalue weighted by atomic mass is 10.1. The van der Waals surface area contributed by atoms with E-state index in [0.717, 1.165) is 36.3 Å². The zero-order chi connectivity index (χ0) is 14.2. The first-order valence-corrected chi connectivity index (χ1v) is 7.60. The minimum atomic E-state index is 0.676. The Labute approximate surface area is 128 Å². The molecule has 4 heteroatoms. The molecule has 0 bridgehead atoms. The van der Waals surface area contributed by atoms with E-state index < -0.39 is 0 Å². The third-order valence-electron chi connectivity index (χ3n) is 3.02. The van der Waals surface area contributed by atoms with Gasteiger partial charge in [0.15, 0.2) is 0 Å². The van der Waals surface area contributed by atoms with Gasteiger partial charge in [0.1, 0.15) is 12.4 Å². The molecule has 108 valence electrons. The molecule has 0 amide bonds. The molecule has 0 aromatic heterocycles. The monoisotopic (exact) mass is 337 g/mol. The number of hydrogen-bond donors (Lipinski definition) is 1. The first-order valence-electron chi connectivity index (χ1n) is 6.81. The number of rotatable bonds is 8. The van der Waals surface area contributed by atoms with Crippen LogP contribution in [0.15, 0.2) is 40.9 Å². The maximum atomic E-state index is 5.75. The molecule has 1 N–H and O–H groups in total. The molecule has 0 heterocycles. The van der Waals surface area contributed by atoms with Crippen molar-refractivity contribution in [3.05, 3.63) is 40.9 Å². The number of hydrogen-bond acceptors (Lipinski definition) is 3. The molecule has 0 saturated carbocycles. The molecule has 3 nitrogen and oxygen atoms in total. The van der Waals surface area contributed by atoms with E-state index in [0.29, 0.717) is 6.61 Å². The van der Waals surface area contributed by atoms with Crippen molar-refractivity contribution < 1.29 is 9.47 Å². The van der Waals surface area contributed by atoms with E-state index in [-0.39, 0.29) is 0 Å². The second-order valence-corrected chi connectivity index (χ2v) is 5.51. The fourth-order valence-electron chi connectivity index (χ4n) is 1.99. The molecule has 0 aliphatic rings. The van der Waals surface area contributed by atoms with Gasteiger partial charge in [-0.25, -0.2) is 0 Å². The van der Waals surface area contributed by atoms with E-state index in [1.54, 1.807) is 7.11 Å². The fourth-order valence-corrected chi connectivity index (χ4v) is 2.37. The molecule has 20 heavy (non-hydrogen) atoms. The van der Waals surface area contributed by atoms with Crippen LogP contribution in [0.4, 0.5) is 0 Å². The number of methoxy groups -OCH3 is 1. The molecule has 0 atom stereocenters. The van der Waals surface area contributed by atoms with Crippen LogP contribution in [0.25, 0.3) is 10.8 Å². The van der Waals surface area contributed by atoms with Crippen LogP contribution in [0.2, 0.25) is 0 Å². The lowest BCUT2D eigenvalue weighted by Gasteiger charge is -2.08. The number of fused-ring (bicyclic) bond motifs is 1. The summed E-state index contributed by atoms with van der Waals surface area (Å²) in [5.74, 6) is 0.915. The Morgan fingerprint density at radius 1 is 1.00 bits per heavy atom. The van der Waals surface area contributed by atoms with Gasteiger partial charge in [-0.3, -0.25) is 0 Å². The minimum absolute atomic E-state index is 0.676. The highest BCUT2D eigenvalue weighted by Gasteiger charge is 1.98. The van der Waals surface area contributed by atoms with Crippen molar-refractivity contribution in [2.45, 2.75) is 6.42 Å². The van der Waals surface area contributed by atoms with E-state index >= 15 is 0 Å². The van der Waals surface area contributed by atoms with Crippen molar-refractivity contribution in [2.75, 3.05) is 33.4 Å². The van der Waals surface area contributed by atoms with Crippen molar-refractivity contribution in [1.82, 2.24) is 5.32 Å². The highest BCUT2D eigenvalue weighted by molar-refractivity contribution is 9.10. The summed E-state index contributed by atoms with van der Waals surface area (Å²) in [4.78, 5) is 0. The van der Waals surface area contributed by atoms with Crippen LogP contribution in [0.3, 0.4) is 0 Å². The van der Waals surface area contributed by atoms with Gasteiger partial charge in [-0.05, 0) is 48.0 Å². The Morgan fingerprint density at radius 2 is 1.80 bits per heavy atom. The lowest BCUT2D eigenvalue weighted by molar-refractivity contribution is 0.193. The number of nitrogens with one attached hydrogen (secondary N) is 1. The summed E-state index contributed by atoms with van der Waals surface area (Å²) in [6, 6.07) is 12.4. The quantitative estimate of drug-likeness (QED) is 0.746. The Bertz CT molecular complexity index is 545. The molecule has 0 aliphatic carbocycles. The maximum Gasteiger partial charge on any atom is 0.120 e. The van der Waals surface area contributed by atoms with E-state index in [2.05, 4.69) is 45.5 Å². The standard InChI is InChI=1S/C16H20BrNO2/c1-19-9-2-7-18-8-10-20-16-6-4-13-11-15(17)5-3-14(13)12-16/h3-6,11-12,18H,2,7-10H2,1H3. The third-order valence-corrected chi connectivity index (χ3v) is 3.52. The van der Waals surface area contributed by atoms with Gasteiger partial charge in [-0.1, -0.05) is 28.1 Å². The molecule has 0 unspecified atom stereocenters. The summed E-state index contributed by atoms with van der Waals surface area (Å²) < 4.78 is 11.8. The van der Waals surface area contributed by atoms with Gasteiger partial charge in [-0.2, -0.15) is 0 Å². The zero-order valence-electron chi connectivity index (χ0n) is 11.7. The summed E-state index contributed by atoms with van der Waals surface area (Å²) in [6.45, 7) is 3.29. The first kappa shape index (κ1) is 15.3. The van der Waals surface area contributed by atoms with Gasteiger partial charge in [0.2, 0.25) is 0 Å². The average molecular weight is 338 g/mol. The van der Waals surface area contributed by atoms with Crippen LogP contribution < -0.4 is 10.1 Å². The predicted octanol–water partition coefficient (Wildman–Crippen LogP) is 3.61. The highest BCUT2D eigenvalue weighted by atomic mass is 79.9. The smallest absolute Gasteiger partial charge is 0.120 e. The largest absolute Gasteiger partial charge is 0.492 e. The average Bonchev–Trinajstić information content (AvgIpc) is 2.46. The van der Waals surface area contributed by atoms with Crippen LogP contribution in [-0.2, 0) is 4.74 Å². The molecule has 0 radical (unpaired) electrons. The number of halogens is 1. The van der Waals surface area contributed by atoms with Crippen molar-refractivity contribution in [1.29, 1.82) is 0 Å². The van der Waals surface area contributed by atoms with Crippen molar-refractivity contribution >= 4 is 26.7 Å². The van der Waals surface area contributed by atoms with Crippen LogP contribution in [0.5, 0.6) is 5.75 Å². The molecule has 0 fully saturated rings. The summed E-state index contributed by atoms with van der Waals surface area (Å²) in [7, 11) is 1.72. The summed E-state index contributed by atoms with van der Waals surface area (Å²) in [5.41, 5.74) is 0. The number of benzene rings is 2. The van der Waals surface area contributed by atoms with E-state index in [1.165, 1.54) is 10.8 Å². The minimum Gasteiger partial charge on any atom is -0.492 e. The van der Waals surface area contributed by atoms with Crippen LogP contribution in [0, 0.1) is 0 Å². The van der Waals surface area contributed by atoms with Gasteiger partial charge in [0, 0.05) is 24.7 Å². The summed E-state index contributed by atoms with van der Waals surface area (Å²) in [6.07, 6.45) is 1.03. The third kappa shape index (κ3) is 4.78. The maximum absolute atomic E-state index is 5.75. The van der Waals surface area contributed by atoms with Crippen molar-refractivity contribution in [3.63, 3.8) is 0 Å². The zero-order valence-corrected chi connectivity index (χ0v) is 13.3.